The predicted octanol–water partition coefficient (Wildman–Crippen LogP) is 3.73. The minimum absolute atomic E-state index is 0.0893. The molecular weight excluding hydrogens is 404 g/mol. The summed E-state index contributed by atoms with van der Waals surface area (Å²) < 4.78 is 7.27. The van der Waals surface area contributed by atoms with Crippen LogP contribution in [0.5, 0.6) is 0 Å². The van der Waals surface area contributed by atoms with Gasteiger partial charge in [0.2, 0.25) is 5.95 Å². The molecule has 0 radical (unpaired) electrons. The summed E-state index contributed by atoms with van der Waals surface area (Å²) in [5.74, 6) is 0.00233. The van der Waals surface area contributed by atoms with Gasteiger partial charge in [-0.05, 0) is 51.4 Å². The lowest BCUT2D eigenvalue weighted by molar-refractivity contribution is -0.140. The number of nitrogens with one attached hydrogen (secondary N) is 1. The molecule has 0 spiro atoms. The first kappa shape index (κ1) is 19.5. The van der Waals surface area contributed by atoms with E-state index in [0.717, 1.165) is 21.9 Å². The van der Waals surface area contributed by atoms with Gasteiger partial charge in [-0.25, -0.2) is 4.79 Å². The van der Waals surface area contributed by atoms with Crippen LogP contribution in [0.1, 0.15) is 29.7 Å². The maximum atomic E-state index is 13.3. The average molecular weight is 422 g/mol. The molecule has 1 aliphatic heterocycles. The molecule has 3 aromatic carbocycles. The van der Waals surface area contributed by atoms with Gasteiger partial charge >= 0.3 is 5.97 Å². The topological polar surface area (TPSA) is 106 Å². The fourth-order valence-corrected chi connectivity index (χ4v) is 3.96. The molecule has 4 aromatic rings. The van der Waals surface area contributed by atoms with Crippen LogP contribution >= 0.6 is 0 Å². The molecule has 32 heavy (non-hydrogen) atoms. The Morgan fingerprint density at radius 3 is 2.72 bits per heavy atom. The lowest BCUT2D eigenvalue weighted by Crippen LogP contribution is -2.29. The molecule has 1 atom stereocenters. The van der Waals surface area contributed by atoms with Crippen LogP contribution in [-0.4, -0.2) is 26.2 Å². The Balaban J connectivity index is 1.53. The van der Waals surface area contributed by atoms with Crippen LogP contribution in [0, 0.1) is 11.3 Å². The van der Waals surface area contributed by atoms with E-state index in [-0.39, 0.29) is 6.61 Å². The number of carbonyl (C=O) groups excluding carboxylic acids is 1. The lowest BCUT2D eigenvalue weighted by Gasteiger charge is -2.28. The molecular formula is C24H18N6O2. The van der Waals surface area contributed by atoms with Gasteiger partial charge in [0, 0.05) is 5.70 Å². The number of aromatic nitrogens is 4. The van der Waals surface area contributed by atoms with E-state index >= 15 is 0 Å². The summed E-state index contributed by atoms with van der Waals surface area (Å²) in [7, 11) is 0. The molecule has 2 heterocycles. The normalized spacial score (nSPS) is 15.1. The first-order valence-corrected chi connectivity index (χ1v) is 10.0. The van der Waals surface area contributed by atoms with E-state index < -0.39 is 12.0 Å². The van der Waals surface area contributed by atoms with Crippen molar-refractivity contribution in [2.75, 3.05) is 5.32 Å². The molecule has 1 unspecified atom stereocenters. The summed E-state index contributed by atoms with van der Waals surface area (Å²) in [6.45, 7) is 1.90. The molecule has 0 saturated heterocycles. The van der Waals surface area contributed by atoms with Crippen LogP contribution < -0.4 is 5.32 Å². The monoisotopic (exact) mass is 422 g/mol. The fraction of sp³-hybridized carbons (Fsp3) is 0.125. The first-order valence-electron chi connectivity index (χ1n) is 10.0. The van der Waals surface area contributed by atoms with Crippen LogP contribution in [-0.2, 0) is 16.1 Å². The van der Waals surface area contributed by atoms with Gasteiger partial charge in [-0.2, -0.15) is 9.94 Å². The summed E-state index contributed by atoms with van der Waals surface area (Å²) in [6.07, 6.45) is 0. The summed E-state index contributed by atoms with van der Waals surface area (Å²) in [5, 5.41) is 26.1. The maximum absolute atomic E-state index is 13.3. The zero-order valence-electron chi connectivity index (χ0n) is 17.2. The predicted molar refractivity (Wildman–Crippen MR) is 117 cm³/mol. The highest BCUT2D eigenvalue weighted by Crippen LogP contribution is 2.38. The number of allylic oxidation sites excluding steroid dienone is 1. The van der Waals surface area contributed by atoms with Crippen LogP contribution in [0.25, 0.3) is 10.8 Å². The molecule has 156 valence electrons. The molecule has 0 bridgehead atoms. The van der Waals surface area contributed by atoms with Crippen molar-refractivity contribution in [2.24, 2.45) is 0 Å². The SMILES string of the molecule is CC1=C(C(=O)OCc2ccc(C#N)cc2)C(c2cccc3ccccc23)n2nnnc2N1. The minimum Gasteiger partial charge on any atom is -0.457 e. The summed E-state index contributed by atoms with van der Waals surface area (Å²) >= 11 is 0. The Morgan fingerprint density at radius 1 is 1.12 bits per heavy atom. The number of benzene rings is 3. The van der Waals surface area contributed by atoms with E-state index in [9.17, 15) is 4.79 Å². The molecule has 0 fully saturated rings. The molecule has 1 aromatic heterocycles. The third-order valence-electron chi connectivity index (χ3n) is 5.50. The third-order valence-corrected chi connectivity index (χ3v) is 5.50. The van der Waals surface area contributed by atoms with Crippen LogP contribution in [0.2, 0.25) is 0 Å². The number of ether oxygens (including phenoxy) is 1. The second-order valence-corrected chi connectivity index (χ2v) is 7.47. The highest BCUT2D eigenvalue weighted by molar-refractivity contribution is 5.95. The second kappa shape index (κ2) is 7.96. The molecule has 0 amide bonds. The lowest BCUT2D eigenvalue weighted by atomic mass is 9.91. The molecule has 5 rings (SSSR count). The number of hydrogen-bond acceptors (Lipinski definition) is 7. The van der Waals surface area contributed by atoms with Gasteiger partial charge in [0.25, 0.3) is 0 Å². The van der Waals surface area contributed by atoms with Gasteiger partial charge in [-0.1, -0.05) is 59.7 Å². The molecule has 0 saturated carbocycles. The smallest absolute Gasteiger partial charge is 0.338 e. The maximum Gasteiger partial charge on any atom is 0.338 e. The van der Waals surface area contributed by atoms with E-state index in [4.69, 9.17) is 10.00 Å². The zero-order chi connectivity index (χ0) is 22.1. The number of rotatable bonds is 4. The van der Waals surface area contributed by atoms with Gasteiger partial charge in [0.1, 0.15) is 12.6 Å². The number of nitriles is 1. The number of fused-ring (bicyclic) bond motifs is 2. The van der Waals surface area contributed by atoms with Crippen molar-refractivity contribution in [1.29, 1.82) is 5.26 Å². The summed E-state index contributed by atoms with van der Waals surface area (Å²) in [6, 6.07) is 22.4. The molecule has 1 N–H and O–H groups in total. The van der Waals surface area contributed by atoms with E-state index in [2.05, 4.69) is 26.9 Å². The Labute approximate surface area is 183 Å². The average Bonchev–Trinajstić information content (AvgIpc) is 3.29. The van der Waals surface area contributed by atoms with Crippen molar-refractivity contribution in [3.8, 4) is 6.07 Å². The van der Waals surface area contributed by atoms with Crippen molar-refractivity contribution < 1.29 is 9.53 Å². The minimum atomic E-state index is -0.541. The summed E-state index contributed by atoms with van der Waals surface area (Å²) in [4.78, 5) is 13.3. The van der Waals surface area contributed by atoms with E-state index in [1.807, 2.05) is 49.4 Å². The molecule has 8 nitrogen and oxygen atoms in total. The third kappa shape index (κ3) is 3.36. The molecule has 0 aliphatic carbocycles. The highest BCUT2D eigenvalue weighted by Gasteiger charge is 2.35. The van der Waals surface area contributed by atoms with Crippen molar-refractivity contribution >= 4 is 22.7 Å². The van der Waals surface area contributed by atoms with E-state index in [1.54, 1.807) is 28.9 Å². The number of esters is 1. The quantitative estimate of drug-likeness (QED) is 0.500. The standard InChI is InChI=1S/C24H18N6O2/c1-15-21(23(31)32-14-17-11-9-16(13-25)10-12-17)22(30-24(26-15)27-28-29-30)20-8-4-6-18-5-2-3-7-19(18)20/h2-12,22H,14H2,1H3,(H,26,27,29). The van der Waals surface area contributed by atoms with Crippen molar-refractivity contribution in [2.45, 2.75) is 19.6 Å². The van der Waals surface area contributed by atoms with E-state index in [1.165, 1.54) is 0 Å². The van der Waals surface area contributed by atoms with Crippen LogP contribution in [0.3, 0.4) is 0 Å². The number of anilines is 1. The largest absolute Gasteiger partial charge is 0.457 e. The zero-order valence-corrected chi connectivity index (χ0v) is 17.2. The molecule has 1 aliphatic rings. The fourth-order valence-electron chi connectivity index (χ4n) is 3.96. The summed E-state index contributed by atoms with van der Waals surface area (Å²) in [5.41, 5.74) is 3.33. The van der Waals surface area contributed by atoms with E-state index in [0.29, 0.717) is 22.8 Å². The van der Waals surface area contributed by atoms with Crippen molar-refractivity contribution in [3.05, 3.63) is 94.7 Å². The van der Waals surface area contributed by atoms with Gasteiger partial charge in [-0.3, -0.25) is 0 Å². The Morgan fingerprint density at radius 2 is 1.91 bits per heavy atom. The van der Waals surface area contributed by atoms with Gasteiger partial charge in [-0.15, -0.1) is 0 Å². The first-order chi connectivity index (χ1) is 15.7. The Kier molecular flexibility index (Phi) is 4.84. The number of hydrogen-bond donors (Lipinski definition) is 1. The van der Waals surface area contributed by atoms with Gasteiger partial charge < -0.3 is 10.1 Å². The van der Waals surface area contributed by atoms with Gasteiger partial charge in [0.05, 0.1) is 17.2 Å². The van der Waals surface area contributed by atoms with Crippen LogP contribution in [0.15, 0.2) is 78.0 Å². The Bertz CT molecular complexity index is 1390. The number of carbonyl (C=O) groups is 1. The molecule has 8 heteroatoms. The second-order valence-electron chi connectivity index (χ2n) is 7.47. The van der Waals surface area contributed by atoms with Gasteiger partial charge in [0.15, 0.2) is 0 Å². The van der Waals surface area contributed by atoms with Crippen molar-refractivity contribution in [1.82, 2.24) is 20.2 Å². The number of tetrazole rings is 1. The Hall–Kier alpha value is -4.51. The number of nitrogens with zero attached hydrogens (tertiary/aromatic N) is 5. The van der Waals surface area contributed by atoms with Crippen molar-refractivity contribution in [3.63, 3.8) is 0 Å². The highest BCUT2D eigenvalue weighted by atomic mass is 16.5. The van der Waals surface area contributed by atoms with Crippen LogP contribution in [0.4, 0.5) is 5.95 Å².